The maximum absolute atomic E-state index is 5.90. The lowest BCUT2D eigenvalue weighted by Crippen LogP contribution is -2.49. The predicted octanol–water partition coefficient (Wildman–Crippen LogP) is 4.61. The van der Waals surface area contributed by atoms with E-state index in [9.17, 15) is 0 Å². The summed E-state index contributed by atoms with van der Waals surface area (Å²) in [7, 11) is 6.03. The second-order valence-electron chi connectivity index (χ2n) is 10.4. The Morgan fingerprint density at radius 1 is 1.17 bits per heavy atom. The number of methoxy groups -OCH3 is 1. The van der Waals surface area contributed by atoms with Gasteiger partial charge in [0.25, 0.3) is 0 Å². The van der Waals surface area contributed by atoms with E-state index < -0.39 is 0 Å². The van der Waals surface area contributed by atoms with Crippen LogP contribution in [0, 0.1) is 17.3 Å². The van der Waals surface area contributed by atoms with Crippen LogP contribution in [0.5, 0.6) is 5.75 Å². The van der Waals surface area contributed by atoms with E-state index in [1.54, 1.807) is 12.7 Å². The molecule has 4 rings (SSSR count). The minimum Gasteiger partial charge on any atom is -0.467 e. The van der Waals surface area contributed by atoms with Crippen molar-refractivity contribution in [3.8, 4) is 5.75 Å². The van der Waals surface area contributed by atoms with Gasteiger partial charge in [-0.25, -0.2) is 0 Å². The predicted molar refractivity (Wildman–Crippen MR) is 123 cm³/mol. The van der Waals surface area contributed by atoms with Crippen LogP contribution in [-0.2, 0) is 17.6 Å². The molecule has 0 amide bonds. The molecule has 1 N–H and O–H groups in total. The molecule has 1 aromatic carbocycles. The molecule has 0 spiro atoms. The zero-order valence-corrected chi connectivity index (χ0v) is 19.8. The van der Waals surface area contributed by atoms with E-state index in [4.69, 9.17) is 9.47 Å². The van der Waals surface area contributed by atoms with Gasteiger partial charge in [0.2, 0.25) is 0 Å². The van der Waals surface area contributed by atoms with E-state index in [2.05, 4.69) is 50.3 Å². The molecule has 0 saturated heterocycles. The van der Waals surface area contributed by atoms with Crippen molar-refractivity contribution in [3.63, 3.8) is 0 Å². The van der Waals surface area contributed by atoms with Crippen LogP contribution in [0.15, 0.2) is 12.1 Å². The topological polar surface area (TPSA) is 33.7 Å². The van der Waals surface area contributed by atoms with Gasteiger partial charge in [0.15, 0.2) is 6.79 Å². The first-order chi connectivity index (χ1) is 14.5. The number of nitrogens with one attached hydrogen (secondary N) is 1. The fourth-order valence-corrected chi connectivity index (χ4v) is 6.98. The highest BCUT2D eigenvalue weighted by Gasteiger charge is 2.54. The van der Waals surface area contributed by atoms with Crippen LogP contribution >= 0.6 is 0 Å². The quantitative estimate of drug-likeness (QED) is 0.630. The number of rotatable bonds is 8. The highest BCUT2D eigenvalue weighted by molar-refractivity contribution is 5.46. The fraction of sp³-hybridized carbons (Fsp3) is 0.769. The van der Waals surface area contributed by atoms with Crippen LogP contribution < -0.4 is 10.1 Å². The molecule has 30 heavy (non-hydrogen) atoms. The monoisotopic (exact) mass is 414 g/mol. The van der Waals surface area contributed by atoms with Gasteiger partial charge in [-0.2, -0.15) is 0 Å². The molecule has 2 fully saturated rings. The maximum atomic E-state index is 5.90. The average Bonchev–Trinajstić information content (AvgIpc) is 3.07. The van der Waals surface area contributed by atoms with Crippen LogP contribution in [-0.4, -0.2) is 52.0 Å². The van der Waals surface area contributed by atoms with E-state index in [0.29, 0.717) is 18.2 Å². The summed E-state index contributed by atoms with van der Waals surface area (Å²) in [6.45, 7) is 7.41. The van der Waals surface area contributed by atoms with E-state index in [1.165, 1.54) is 49.7 Å². The summed E-state index contributed by atoms with van der Waals surface area (Å²) in [5, 5.41) is 3.94. The summed E-state index contributed by atoms with van der Waals surface area (Å²) in [4.78, 5) is 2.28. The number of benzene rings is 1. The van der Waals surface area contributed by atoms with Crippen LogP contribution in [0.2, 0.25) is 0 Å². The van der Waals surface area contributed by atoms with Gasteiger partial charge in [-0.15, -0.1) is 0 Å². The summed E-state index contributed by atoms with van der Waals surface area (Å²) in [6, 6.07) is 5.51. The van der Waals surface area contributed by atoms with Crippen molar-refractivity contribution in [1.29, 1.82) is 0 Å². The average molecular weight is 415 g/mol. The summed E-state index contributed by atoms with van der Waals surface area (Å²) < 4.78 is 11.1. The molecule has 1 aromatic rings. The Kier molecular flexibility index (Phi) is 6.76. The van der Waals surface area contributed by atoms with Gasteiger partial charge in [-0.3, -0.25) is 0 Å². The van der Waals surface area contributed by atoms with E-state index >= 15 is 0 Å². The van der Waals surface area contributed by atoms with Crippen LogP contribution in [0.3, 0.4) is 0 Å². The number of likely N-dealkylation sites (N-methyl/N-ethyl adjacent to an activating group) is 1. The molecular weight excluding hydrogens is 372 g/mol. The standard InChI is InChI=1S/C26H42N2O2/c1-6-18-15-22-19(16-24(18)30-17-29-5)7-8-21-20(22)11-12-26(2)23(21)9-10-25(26)27-13-14-28(3)4/h15-16,20-21,23,25,27H,6-14,17H2,1-5H3. The van der Waals surface area contributed by atoms with E-state index in [-0.39, 0.29) is 0 Å². The summed E-state index contributed by atoms with van der Waals surface area (Å²) in [6.07, 6.45) is 9.03. The van der Waals surface area contributed by atoms with Gasteiger partial charge in [0.05, 0.1) is 0 Å². The number of ether oxygens (including phenoxy) is 2. The lowest BCUT2D eigenvalue weighted by molar-refractivity contribution is 0.0402. The molecule has 168 valence electrons. The second-order valence-corrected chi connectivity index (χ2v) is 10.4. The summed E-state index contributed by atoms with van der Waals surface area (Å²) in [5.41, 5.74) is 4.98. The maximum Gasteiger partial charge on any atom is 0.188 e. The largest absolute Gasteiger partial charge is 0.467 e. The molecule has 4 heteroatoms. The van der Waals surface area contributed by atoms with Gasteiger partial charge in [0, 0.05) is 26.2 Å². The van der Waals surface area contributed by atoms with Gasteiger partial charge in [-0.1, -0.05) is 19.9 Å². The second kappa shape index (κ2) is 9.18. The molecule has 0 bridgehead atoms. The minimum absolute atomic E-state index is 0.334. The lowest BCUT2D eigenvalue weighted by atomic mass is 9.55. The van der Waals surface area contributed by atoms with E-state index in [1.807, 2.05) is 0 Å². The van der Waals surface area contributed by atoms with Crippen molar-refractivity contribution in [1.82, 2.24) is 10.2 Å². The zero-order valence-electron chi connectivity index (χ0n) is 19.8. The SMILES string of the molecule is CCc1cc2c(cc1OCOC)CCC1C2CCC2(C)C(NCCN(C)C)CCC12. The number of aryl methyl sites for hydroxylation is 2. The molecule has 4 nitrogen and oxygen atoms in total. The van der Waals surface area contributed by atoms with Crippen LogP contribution in [0.25, 0.3) is 0 Å². The third-order valence-corrected chi connectivity index (χ3v) is 8.57. The Labute approximate surface area is 183 Å². The van der Waals surface area contributed by atoms with Crippen molar-refractivity contribution in [2.45, 2.75) is 70.8 Å². The Hall–Kier alpha value is -1.10. The third-order valence-electron chi connectivity index (χ3n) is 8.57. The van der Waals surface area contributed by atoms with Crippen molar-refractivity contribution >= 4 is 0 Å². The minimum atomic E-state index is 0.334. The molecule has 0 radical (unpaired) electrons. The molecule has 0 aliphatic heterocycles. The zero-order chi connectivity index (χ0) is 21.3. The molecule has 0 aromatic heterocycles. The van der Waals surface area contributed by atoms with E-state index in [0.717, 1.165) is 43.0 Å². The first-order valence-corrected chi connectivity index (χ1v) is 12.1. The molecule has 2 saturated carbocycles. The highest BCUT2D eigenvalue weighted by atomic mass is 16.7. The van der Waals surface area contributed by atoms with Crippen molar-refractivity contribution in [2.24, 2.45) is 17.3 Å². The van der Waals surface area contributed by atoms with Gasteiger partial charge in [-0.05, 0) is 105 Å². The first kappa shape index (κ1) is 22.1. The first-order valence-electron chi connectivity index (χ1n) is 12.1. The van der Waals surface area contributed by atoms with Crippen LogP contribution in [0.1, 0.15) is 68.6 Å². The van der Waals surface area contributed by atoms with Crippen LogP contribution in [0.4, 0.5) is 0 Å². The number of hydrogen-bond acceptors (Lipinski definition) is 4. The molecular formula is C26H42N2O2. The highest BCUT2D eigenvalue weighted by Crippen LogP contribution is 2.61. The third kappa shape index (κ3) is 4.03. The Balaban J connectivity index is 1.52. The lowest BCUT2D eigenvalue weighted by Gasteiger charge is -2.51. The molecule has 5 atom stereocenters. The summed E-state index contributed by atoms with van der Waals surface area (Å²) >= 11 is 0. The van der Waals surface area contributed by atoms with Gasteiger partial charge in [0.1, 0.15) is 5.75 Å². The molecule has 3 aliphatic carbocycles. The summed E-state index contributed by atoms with van der Waals surface area (Å²) in [5.74, 6) is 3.50. The van der Waals surface area contributed by atoms with Crippen molar-refractivity contribution in [2.75, 3.05) is 41.1 Å². The number of hydrogen-bond donors (Lipinski definition) is 1. The molecule has 5 unspecified atom stereocenters. The number of fused-ring (bicyclic) bond motifs is 5. The van der Waals surface area contributed by atoms with Crippen molar-refractivity contribution in [3.05, 3.63) is 28.8 Å². The van der Waals surface area contributed by atoms with Crippen molar-refractivity contribution < 1.29 is 9.47 Å². The Morgan fingerprint density at radius 2 is 2.00 bits per heavy atom. The molecule has 0 heterocycles. The Bertz CT molecular complexity index is 734. The van der Waals surface area contributed by atoms with Gasteiger partial charge < -0.3 is 19.7 Å². The Morgan fingerprint density at radius 3 is 2.73 bits per heavy atom. The fourth-order valence-electron chi connectivity index (χ4n) is 6.98. The van der Waals surface area contributed by atoms with Gasteiger partial charge >= 0.3 is 0 Å². The number of nitrogens with zero attached hydrogens (tertiary/aromatic N) is 1. The smallest absolute Gasteiger partial charge is 0.188 e. The normalized spacial score (nSPS) is 32.6. The molecule has 3 aliphatic rings.